The second kappa shape index (κ2) is 11.3. The number of phenolic OH excluding ortho intramolecular Hbond substituents is 1. The zero-order valence-electron chi connectivity index (χ0n) is 22.0. The second-order valence-corrected chi connectivity index (χ2v) is 9.58. The lowest BCUT2D eigenvalue weighted by Crippen LogP contribution is -2.30. The van der Waals surface area contributed by atoms with Crippen LogP contribution in [0.3, 0.4) is 0 Å². The van der Waals surface area contributed by atoms with Crippen molar-refractivity contribution in [2.24, 2.45) is 0 Å². The monoisotopic (exact) mass is 522 g/mol. The Bertz CT molecular complexity index is 1710. The quantitative estimate of drug-likeness (QED) is 0.273. The lowest BCUT2D eigenvalue weighted by Gasteiger charge is -2.17. The van der Waals surface area contributed by atoms with Crippen LogP contribution in [0, 0.1) is 6.92 Å². The molecule has 0 fully saturated rings. The van der Waals surface area contributed by atoms with Crippen LogP contribution in [0.4, 0.5) is 0 Å². The van der Waals surface area contributed by atoms with Gasteiger partial charge in [0, 0.05) is 29.7 Å². The molecular formula is C31H30N4O4. The molecule has 5 aromatic rings. The molecule has 3 aromatic carbocycles. The van der Waals surface area contributed by atoms with Crippen molar-refractivity contribution < 1.29 is 9.63 Å². The van der Waals surface area contributed by atoms with Gasteiger partial charge in [-0.25, -0.2) is 9.78 Å². The van der Waals surface area contributed by atoms with E-state index >= 15 is 0 Å². The van der Waals surface area contributed by atoms with E-state index in [1.165, 1.54) is 0 Å². The Morgan fingerprint density at radius 1 is 0.949 bits per heavy atom. The first-order valence-corrected chi connectivity index (χ1v) is 13.1. The number of aryl methyl sites for hydroxylation is 2. The van der Waals surface area contributed by atoms with Gasteiger partial charge in [0.05, 0.1) is 6.54 Å². The van der Waals surface area contributed by atoms with Crippen molar-refractivity contribution >= 4 is 0 Å². The van der Waals surface area contributed by atoms with E-state index in [4.69, 9.17) is 9.51 Å². The maximum Gasteiger partial charge on any atom is 0.439 e. The van der Waals surface area contributed by atoms with Crippen molar-refractivity contribution in [3.05, 3.63) is 122 Å². The molecule has 0 amide bonds. The molecule has 2 heterocycles. The summed E-state index contributed by atoms with van der Waals surface area (Å²) in [5.74, 6) is 0.704. The number of benzene rings is 3. The van der Waals surface area contributed by atoms with Crippen LogP contribution < -0.4 is 11.3 Å². The van der Waals surface area contributed by atoms with Crippen molar-refractivity contribution in [2.75, 3.05) is 0 Å². The van der Waals surface area contributed by atoms with Crippen molar-refractivity contribution in [3.63, 3.8) is 0 Å². The van der Waals surface area contributed by atoms with Gasteiger partial charge >= 0.3 is 5.76 Å². The van der Waals surface area contributed by atoms with Gasteiger partial charge < -0.3 is 5.11 Å². The standard InChI is InChI=1S/C31H30N4O4/c1-3-4-13-28-32-20(2)26(18-23-9-5-8-12-27(23)36)30(37)35(28)19-21-14-16-22(17-15-21)24-10-6-7-11-25(24)29-33-31(38)39-34-29/h5-12,14-17,36H,3-4,13,18-19H2,1-2H3,(H,33,34,38). The number of phenols is 1. The maximum absolute atomic E-state index is 13.8. The van der Waals surface area contributed by atoms with Gasteiger partial charge in [0.1, 0.15) is 11.6 Å². The summed E-state index contributed by atoms with van der Waals surface area (Å²) in [5.41, 5.74) is 5.46. The molecule has 0 saturated heterocycles. The molecule has 0 saturated carbocycles. The van der Waals surface area contributed by atoms with E-state index in [9.17, 15) is 14.7 Å². The number of nitrogens with one attached hydrogen (secondary N) is 1. The smallest absolute Gasteiger partial charge is 0.439 e. The molecular weight excluding hydrogens is 492 g/mol. The average Bonchev–Trinajstić information content (AvgIpc) is 3.39. The summed E-state index contributed by atoms with van der Waals surface area (Å²) in [6.45, 7) is 4.37. The van der Waals surface area contributed by atoms with Crippen molar-refractivity contribution in [3.8, 4) is 28.3 Å². The van der Waals surface area contributed by atoms with Crippen LogP contribution in [0.2, 0.25) is 0 Å². The molecule has 5 rings (SSSR count). The largest absolute Gasteiger partial charge is 0.508 e. The molecule has 2 aromatic heterocycles. The summed E-state index contributed by atoms with van der Waals surface area (Å²) in [6.07, 6.45) is 2.97. The van der Waals surface area contributed by atoms with E-state index in [-0.39, 0.29) is 11.3 Å². The third-order valence-corrected chi connectivity index (χ3v) is 6.89. The summed E-state index contributed by atoms with van der Waals surface area (Å²) < 4.78 is 6.46. The molecule has 0 radical (unpaired) electrons. The van der Waals surface area contributed by atoms with Gasteiger partial charge in [-0.15, -0.1) is 0 Å². The number of para-hydroxylation sites is 1. The van der Waals surface area contributed by atoms with Crippen LogP contribution in [-0.4, -0.2) is 24.8 Å². The van der Waals surface area contributed by atoms with Crippen LogP contribution in [0.15, 0.2) is 86.9 Å². The normalized spacial score (nSPS) is 11.1. The minimum absolute atomic E-state index is 0.0822. The minimum Gasteiger partial charge on any atom is -0.508 e. The average molecular weight is 523 g/mol. The second-order valence-electron chi connectivity index (χ2n) is 9.58. The van der Waals surface area contributed by atoms with E-state index in [1.807, 2.05) is 67.6 Å². The zero-order chi connectivity index (χ0) is 27.4. The molecule has 39 heavy (non-hydrogen) atoms. The summed E-state index contributed by atoms with van der Waals surface area (Å²) in [5, 5.41) is 14.1. The Kier molecular flexibility index (Phi) is 7.54. The molecule has 0 unspecified atom stereocenters. The van der Waals surface area contributed by atoms with Gasteiger partial charge in [0.25, 0.3) is 5.56 Å². The summed E-state index contributed by atoms with van der Waals surface area (Å²) in [4.78, 5) is 32.7. The molecule has 0 aliphatic heterocycles. The van der Waals surface area contributed by atoms with Crippen molar-refractivity contribution in [1.29, 1.82) is 0 Å². The topological polar surface area (TPSA) is 114 Å². The summed E-state index contributed by atoms with van der Waals surface area (Å²) >= 11 is 0. The first-order valence-electron chi connectivity index (χ1n) is 13.1. The van der Waals surface area contributed by atoms with Gasteiger partial charge in [0.15, 0.2) is 5.82 Å². The lowest BCUT2D eigenvalue weighted by molar-refractivity contribution is 0.388. The predicted molar refractivity (Wildman–Crippen MR) is 150 cm³/mol. The van der Waals surface area contributed by atoms with Gasteiger partial charge in [-0.05, 0) is 41.7 Å². The van der Waals surface area contributed by atoms with Crippen LogP contribution in [0.5, 0.6) is 5.75 Å². The van der Waals surface area contributed by atoms with Crippen molar-refractivity contribution in [1.82, 2.24) is 19.7 Å². The first kappa shape index (κ1) is 25.9. The molecule has 0 aliphatic rings. The number of aromatic hydroxyl groups is 1. The van der Waals surface area contributed by atoms with Gasteiger partial charge in [-0.3, -0.25) is 18.9 Å². The van der Waals surface area contributed by atoms with Gasteiger partial charge in [-0.2, -0.15) is 0 Å². The fourth-order valence-electron chi connectivity index (χ4n) is 4.76. The number of H-pyrrole nitrogens is 1. The maximum atomic E-state index is 13.8. The molecule has 0 spiro atoms. The SMILES string of the molecule is CCCCc1nc(C)c(Cc2ccccc2O)c(=O)n1Cc1ccc(-c2ccccc2-c2noc(=O)[nH]2)cc1. The number of nitrogens with zero attached hydrogens (tertiary/aromatic N) is 3. The lowest BCUT2D eigenvalue weighted by atomic mass is 9.98. The van der Waals surface area contributed by atoms with Gasteiger partial charge in [0.2, 0.25) is 0 Å². The molecule has 0 aliphatic carbocycles. The highest BCUT2D eigenvalue weighted by atomic mass is 16.5. The van der Waals surface area contributed by atoms with Crippen LogP contribution >= 0.6 is 0 Å². The highest BCUT2D eigenvalue weighted by Gasteiger charge is 2.17. The van der Waals surface area contributed by atoms with Crippen LogP contribution in [-0.2, 0) is 19.4 Å². The van der Waals surface area contributed by atoms with E-state index < -0.39 is 5.76 Å². The Labute approximate surface area is 225 Å². The number of hydrogen-bond acceptors (Lipinski definition) is 6. The Hall–Kier alpha value is -4.72. The molecule has 0 atom stereocenters. The zero-order valence-corrected chi connectivity index (χ0v) is 22.0. The Balaban J connectivity index is 1.49. The number of aromatic amines is 1. The van der Waals surface area contributed by atoms with E-state index in [0.717, 1.165) is 40.9 Å². The third kappa shape index (κ3) is 5.60. The summed E-state index contributed by atoms with van der Waals surface area (Å²) in [7, 11) is 0. The molecule has 8 nitrogen and oxygen atoms in total. The molecule has 8 heteroatoms. The van der Waals surface area contributed by atoms with E-state index in [2.05, 4.69) is 17.1 Å². The summed E-state index contributed by atoms with van der Waals surface area (Å²) in [6, 6.07) is 22.7. The highest BCUT2D eigenvalue weighted by Crippen LogP contribution is 2.30. The molecule has 0 bridgehead atoms. The number of unbranched alkanes of at least 4 members (excludes halogenated alkanes) is 1. The molecule has 198 valence electrons. The Morgan fingerprint density at radius 3 is 2.36 bits per heavy atom. The Morgan fingerprint density at radius 2 is 1.67 bits per heavy atom. The fraction of sp³-hybridized carbons (Fsp3) is 0.226. The van der Waals surface area contributed by atoms with Crippen LogP contribution in [0.25, 0.3) is 22.5 Å². The number of hydrogen-bond donors (Lipinski definition) is 2. The van der Waals surface area contributed by atoms with E-state index in [1.54, 1.807) is 16.7 Å². The van der Waals surface area contributed by atoms with Crippen molar-refractivity contribution in [2.45, 2.75) is 46.1 Å². The fourth-order valence-corrected chi connectivity index (χ4v) is 4.76. The van der Waals surface area contributed by atoms with Gasteiger partial charge in [-0.1, -0.05) is 85.2 Å². The number of aromatic nitrogens is 4. The first-order chi connectivity index (χ1) is 18.9. The highest BCUT2D eigenvalue weighted by molar-refractivity contribution is 5.80. The minimum atomic E-state index is -0.604. The predicted octanol–water partition coefficient (Wildman–Crippen LogP) is 5.25. The molecule has 2 N–H and O–H groups in total. The van der Waals surface area contributed by atoms with E-state index in [0.29, 0.717) is 42.0 Å². The third-order valence-electron chi connectivity index (χ3n) is 6.89. The number of rotatable bonds is 9. The van der Waals surface area contributed by atoms with Crippen LogP contribution in [0.1, 0.15) is 48.0 Å².